The Balaban J connectivity index is 1.65. The van der Waals surface area contributed by atoms with E-state index in [2.05, 4.69) is 12.1 Å². The van der Waals surface area contributed by atoms with Gasteiger partial charge in [-0.3, -0.25) is 0 Å². The van der Waals surface area contributed by atoms with Gasteiger partial charge in [-0.1, -0.05) is 68.1 Å². The molecule has 1 atom stereocenters. The minimum Gasteiger partial charge on any atom is -0.494 e. The van der Waals surface area contributed by atoms with Crippen molar-refractivity contribution in [1.82, 2.24) is 0 Å². The lowest BCUT2D eigenvalue weighted by atomic mass is 9.94. The van der Waals surface area contributed by atoms with E-state index in [1.54, 1.807) is 0 Å². The molecule has 0 radical (unpaired) electrons. The molecule has 2 aromatic carbocycles. The van der Waals surface area contributed by atoms with E-state index in [-0.39, 0.29) is 5.92 Å². The molecular weight excluding hydrogens is 356 g/mol. The van der Waals surface area contributed by atoms with Gasteiger partial charge in [0, 0.05) is 11.8 Å². The Kier molecular flexibility index (Phi) is 10.7. The monoisotopic (exact) mass is 386 g/mol. The number of rotatable bonds is 14. The zero-order chi connectivity index (χ0) is 19.2. The summed E-state index contributed by atoms with van der Waals surface area (Å²) in [6, 6.07) is 18.3. The molecule has 0 aliphatic rings. The first-order valence-corrected chi connectivity index (χ1v) is 10.6. The Morgan fingerprint density at radius 1 is 0.852 bits per heavy atom. The van der Waals surface area contributed by atoms with E-state index in [0.29, 0.717) is 0 Å². The summed E-state index contributed by atoms with van der Waals surface area (Å²) in [5, 5.41) is 0. The SMILES string of the molecule is O=CC(CCc1ccc(OCCCCCCCCCl)cc1)c1ccccc1. The minimum absolute atomic E-state index is 0.0356. The molecular formula is C24H31ClO2. The van der Waals surface area contributed by atoms with E-state index in [9.17, 15) is 4.79 Å². The number of benzene rings is 2. The lowest BCUT2D eigenvalue weighted by Crippen LogP contribution is -2.02. The van der Waals surface area contributed by atoms with Gasteiger partial charge in [-0.05, 0) is 48.9 Å². The highest BCUT2D eigenvalue weighted by atomic mass is 35.5. The van der Waals surface area contributed by atoms with Crippen LogP contribution in [0.2, 0.25) is 0 Å². The largest absolute Gasteiger partial charge is 0.494 e. The zero-order valence-corrected chi connectivity index (χ0v) is 16.9. The Labute approximate surface area is 168 Å². The Bertz CT molecular complexity index is 625. The summed E-state index contributed by atoms with van der Waals surface area (Å²) in [5.41, 5.74) is 2.33. The third kappa shape index (κ3) is 8.62. The Hall–Kier alpha value is -1.80. The molecule has 1 unspecified atom stereocenters. The minimum atomic E-state index is -0.0356. The molecule has 146 valence electrons. The van der Waals surface area contributed by atoms with E-state index in [1.165, 1.54) is 31.2 Å². The molecule has 0 aliphatic heterocycles. The molecule has 0 fully saturated rings. The van der Waals surface area contributed by atoms with Crippen LogP contribution in [0.25, 0.3) is 0 Å². The van der Waals surface area contributed by atoms with Gasteiger partial charge in [-0.15, -0.1) is 11.6 Å². The van der Waals surface area contributed by atoms with Gasteiger partial charge in [0.05, 0.1) is 6.61 Å². The van der Waals surface area contributed by atoms with Crippen molar-refractivity contribution >= 4 is 17.9 Å². The maximum absolute atomic E-state index is 11.4. The highest BCUT2D eigenvalue weighted by Crippen LogP contribution is 2.21. The first kappa shape index (κ1) is 21.5. The molecule has 0 heterocycles. The van der Waals surface area contributed by atoms with Gasteiger partial charge in [0.25, 0.3) is 0 Å². The van der Waals surface area contributed by atoms with Crippen LogP contribution in [0.4, 0.5) is 0 Å². The molecule has 0 N–H and O–H groups in total. The quantitative estimate of drug-likeness (QED) is 0.209. The Morgan fingerprint density at radius 2 is 1.52 bits per heavy atom. The summed E-state index contributed by atoms with van der Waals surface area (Å²) in [4.78, 5) is 11.4. The fourth-order valence-corrected chi connectivity index (χ4v) is 3.37. The van der Waals surface area contributed by atoms with Gasteiger partial charge < -0.3 is 9.53 Å². The van der Waals surface area contributed by atoms with E-state index >= 15 is 0 Å². The van der Waals surface area contributed by atoms with Crippen LogP contribution in [0.1, 0.15) is 62.0 Å². The van der Waals surface area contributed by atoms with E-state index < -0.39 is 0 Å². The summed E-state index contributed by atoms with van der Waals surface area (Å²) in [6.07, 6.45) is 9.99. The molecule has 0 aliphatic carbocycles. The van der Waals surface area contributed by atoms with Crippen LogP contribution >= 0.6 is 11.6 Å². The number of unbranched alkanes of at least 4 members (excludes halogenated alkanes) is 5. The van der Waals surface area contributed by atoms with Crippen molar-refractivity contribution in [3.05, 3.63) is 65.7 Å². The van der Waals surface area contributed by atoms with Crippen molar-refractivity contribution in [2.45, 2.75) is 57.3 Å². The van der Waals surface area contributed by atoms with Gasteiger partial charge in [0.1, 0.15) is 12.0 Å². The van der Waals surface area contributed by atoms with Crippen molar-refractivity contribution in [2.75, 3.05) is 12.5 Å². The lowest BCUT2D eigenvalue weighted by molar-refractivity contribution is -0.109. The summed E-state index contributed by atoms with van der Waals surface area (Å²) < 4.78 is 5.83. The maximum atomic E-state index is 11.4. The second-order valence-electron chi connectivity index (χ2n) is 6.99. The van der Waals surface area contributed by atoms with Crippen molar-refractivity contribution < 1.29 is 9.53 Å². The van der Waals surface area contributed by atoms with Crippen LogP contribution in [-0.2, 0) is 11.2 Å². The first-order valence-electron chi connectivity index (χ1n) is 10.1. The molecule has 0 spiro atoms. The number of carbonyl (C=O) groups is 1. The summed E-state index contributed by atoms with van der Waals surface area (Å²) in [6.45, 7) is 0.774. The van der Waals surface area contributed by atoms with Crippen molar-refractivity contribution in [3.8, 4) is 5.75 Å². The number of carbonyl (C=O) groups excluding carboxylic acids is 1. The van der Waals surface area contributed by atoms with E-state index in [4.69, 9.17) is 16.3 Å². The maximum Gasteiger partial charge on any atom is 0.127 e. The molecule has 0 bridgehead atoms. The molecule has 0 saturated heterocycles. The van der Waals surface area contributed by atoms with Gasteiger partial charge >= 0.3 is 0 Å². The molecule has 2 nitrogen and oxygen atoms in total. The number of aldehydes is 1. The topological polar surface area (TPSA) is 26.3 Å². The number of hydrogen-bond acceptors (Lipinski definition) is 2. The first-order chi connectivity index (χ1) is 13.3. The average Bonchev–Trinajstić information content (AvgIpc) is 2.72. The highest BCUT2D eigenvalue weighted by molar-refractivity contribution is 6.17. The molecule has 0 amide bonds. The van der Waals surface area contributed by atoms with Crippen LogP contribution in [0, 0.1) is 0 Å². The van der Waals surface area contributed by atoms with Crippen LogP contribution in [0.15, 0.2) is 54.6 Å². The predicted molar refractivity (Wildman–Crippen MR) is 114 cm³/mol. The second-order valence-corrected chi connectivity index (χ2v) is 7.37. The number of hydrogen-bond donors (Lipinski definition) is 0. The lowest BCUT2D eigenvalue weighted by Gasteiger charge is -2.11. The van der Waals surface area contributed by atoms with E-state index in [0.717, 1.165) is 55.8 Å². The van der Waals surface area contributed by atoms with Gasteiger partial charge in [0.2, 0.25) is 0 Å². The number of ether oxygens (including phenoxy) is 1. The average molecular weight is 387 g/mol. The van der Waals surface area contributed by atoms with Crippen LogP contribution < -0.4 is 4.74 Å². The molecule has 3 heteroatoms. The second kappa shape index (κ2) is 13.4. The van der Waals surface area contributed by atoms with Crippen LogP contribution in [0.5, 0.6) is 5.75 Å². The van der Waals surface area contributed by atoms with E-state index in [1.807, 2.05) is 42.5 Å². The molecule has 0 saturated carbocycles. The normalized spacial score (nSPS) is 11.9. The van der Waals surface area contributed by atoms with Gasteiger partial charge in [0.15, 0.2) is 0 Å². The van der Waals surface area contributed by atoms with Crippen molar-refractivity contribution in [1.29, 1.82) is 0 Å². The van der Waals surface area contributed by atoms with Crippen LogP contribution in [-0.4, -0.2) is 18.8 Å². The van der Waals surface area contributed by atoms with Crippen LogP contribution in [0.3, 0.4) is 0 Å². The fraction of sp³-hybridized carbons (Fsp3) is 0.458. The fourth-order valence-electron chi connectivity index (χ4n) is 3.18. The summed E-state index contributed by atoms with van der Waals surface area (Å²) in [5.74, 6) is 1.67. The smallest absolute Gasteiger partial charge is 0.127 e. The summed E-state index contributed by atoms with van der Waals surface area (Å²) in [7, 11) is 0. The van der Waals surface area contributed by atoms with Crippen molar-refractivity contribution in [2.24, 2.45) is 0 Å². The standard InChI is InChI=1S/C24H31ClO2/c25-18-8-3-1-2-4-9-19-27-24-16-13-21(14-17-24)12-15-23(20-26)22-10-6-5-7-11-22/h5-7,10-11,13-14,16-17,20,23H,1-4,8-9,12,15,18-19H2. The third-order valence-corrected chi connectivity index (χ3v) is 5.12. The number of halogens is 1. The molecule has 2 rings (SSSR count). The van der Waals surface area contributed by atoms with Gasteiger partial charge in [-0.25, -0.2) is 0 Å². The highest BCUT2D eigenvalue weighted by Gasteiger charge is 2.10. The Morgan fingerprint density at radius 3 is 2.19 bits per heavy atom. The zero-order valence-electron chi connectivity index (χ0n) is 16.1. The summed E-state index contributed by atoms with van der Waals surface area (Å²) >= 11 is 5.68. The number of aryl methyl sites for hydroxylation is 1. The van der Waals surface area contributed by atoms with Gasteiger partial charge in [-0.2, -0.15) is 0 Å². The molecule has 0 aromatic heterocycles. The number of alkyl halides is 1. The molecule has 2 aromatic rings. The predicted octanol–water partition coefficient (Wildman–Crippen LogP) is 6.56. The third-order valence-electron chi connectivity index (χ3n) is 4.86. The molecule has 27 heavy (non-hydrogen) atoms. The van der Waals surface area contributed by atoms with Crippen molar-refractivity contribution in [3.63, 3.8) is 0 Å².